The molecule has 3 aromatic carbocycles. The first-order chi connectivity index (χ1) is 18.5. The van der Waals surface area contributed by atoms with Crippen LogP contribution in [0.1, 0.15) is 5.56 Å². The quantitative estimate of drug-likeness (QED) is 0.125. The van der Waals surface area contributed by atoms with Gasteiger partial charge in [-0.15, -0.1) is 0 Å². The molecule has 0 saturated heterocycles. The zero-order valence-corrected chi connectivity index (χ0v) is 21.0. The number of nitrogens with zero attached hydrogens (tertiary/aromatic N) is 3. The second kappa shape index (κ2) is 11.7. The number of amides is 1. The van der Waals surface area contributed by atoms with Crippen LogP contribution in [0.5, 0.6) is 17.2 Å². The summed E-state index contributed by atoms with van der Waals surface area (Å²) in [6, 6.07) is 13.6. The predicted octanol–water partition coefficient (Wildman–Crippen LogP) is 3.83. The van der Waals surface area contributed by atoms with Crippen molar-refractivity contribution in [2.24, 2.45) is 0 Å². The molecule has 0 atom stereocenters. The van der Waals surface area contributed by atoms with Gasteiger partial charge >= 0.3 is 10.1 Å². The van der Waals surface area contributed by atoms with Crippen molar-refractivity contribution in [1.82, 2.24) is 0 Å². The van der Waals surface area contributed by atoms with Gasteiger partial charge in [0.2, 0.25) is 0 Å². The van der Waals surface area contributed by atoms with E-state index in [9.17, 15) is 38.7 Å². The van der Waals surface area contributed by atoms with Gasteiger partial charge in [0.1, 0.15) is 17.4 Å². The molecule has 0 aliphatic heterocycles. The molecule has 0 saturated carbocycles. The van der Waals surface area contributed by atoms with Gasteiger partial charge in [0.05, 0.1) is 29.8 Å². The highest BCUT2D eigenvalue weighted by molar-refractivity contribution is 7.87. The molecule has 0 heterocycles. The standard InChI is InChI=1S/C24H18N4O10S/c1-36-20-10-8-17(27(30)31)13-18(20)26-24(29)16(14-25)11-15-7-9-21(37-2)22(12-15)38-39(34,35)23-6-4-3-5-19(23)28(32)33/h3-13H,1-2H3,(H,26,29)/b16-11+. The Bertz CT molecular complexity index is 1640. The minimum atomic E-state index is -4.70. The number of non-ortho nitro benzene ring substituents is 1. The fourth-order valence-corrected chi connectivity index (χ4v) is 4.34. The molecule has 3 aromatic rings. The number of carbonyl (C=O) groups is 1. The minimum Gasteiger partial charge on any atom is -0.495 e. The summed E-state index contributed by atoms with van der Waals surface area (Å²) >= 11 is 0. The second-order valence-corrected chi connectivity index (χ2v) is 8.95. The van der Waals surface area contributed by atoms with Gasteiger partial charge < -0.3 is 19.0 Å². The summed E-state index contributed by atoms with van der Waals surface area (Å²) < 4.78 is 41.1. The number of methoxy groups -OCH3 is 2. The van der Waals surface area contributed by atoms with E-state index in [1.165, 1.54) is 50.6 Å². The summed E-state index contributed by atoms with van der Waals surface area (Å²) in [4.78, 5) is 32.9. The largest absolute Gasteiger partial charge is 0.495 e. The summed E-state index contributed by atoms with van der Waals surface area (Å²) in [6.45, 7) is 0. The smallest absolute Gasteiger partial charge is 0.346 e. The average molecular weight is 554 g/mol. The van der Waals surface area contributed by atoms with Gasteiger partial charge in [0.15, 0.2) is 16.4 Å². The van der Waals surface area contributed by atoms with Crippen molar-refractivity contribution in [1.29, 1.82) is 5.26 Å². The number of nitro groups is 2. The molecule has 0 aromatic heterocycles. The van der Waals surface area contributed by atoms with Gasteiger partial charge in [-0.2, -0.15) is 13.7 Å². The molecule has 0 spiro atoms. The second-order valence-electron chi connectivity index (χ2n) is 7.44. The summed E-state index contributed by atoms with van der Waals surface area (Å²) in [5.74, 6) is -1.27. The van der Waals surface area contributed by atoms with E-state index in [-0.39, 0.29) is 34.2 Å². The molecule has 0 fully saturated rings. The lowest BCUT2D eigenvalue weighted by molar-refractivity contribution is -0.387. The van der Waals surface area contributed by atoms with Crippen molar-refractivity contribution in [2.45, 2.75) is 4.90 Å². The molecular weight excluding hydrogens is 536 g/mol. The number of anilines is 1. The Balaban J connectivity index is 1.97. The SMILES string of the molecule is COc1ccc([N+](=O)[O-])cc1NC(=O)/C(C#N)=C/c1ccc(OC)c(OS(=O)(=O)c2ccccc2[N+](=O)[O-])c1. The van der Waals surface area contributed by atoms with E-state index in [2.05, 4.69) is 5.32 Å². The molecule has 39 heavy (non-hydrogen) atoms. The molecule has 200 valence electrons. The fraction of sp³-hybridized carbons (Fsp3) is 0.0833. The lowest BCUT2D eigenvalue weighted by Crippen LogP contribution is -2.14. The molecule has 1 amide bonds. The van der Waals surface area contributed by atoms with Crippen molar-refractivity contribution in [2.75, 3.05) is 19.5 Å². The molecule has 15 heteroatoms. The van der Waals surface area contributed by atoms with E-state index in [1.807, 2.05) is 0 Å². The summed E-state index contributed by atoms with van der Waals surface area (Å²) in [6.07, 6.45) is 1.10. The van der Waals surface area contributed by atoms with Crippen molar-refractivity contribution in [3.05, 3.63) is 92.0 Å². The van der Waals surface area contributed by atoms with E-state index in [0.717, 1.165) is 30.3 Å². The zero-order valence-electron chi connectivity index (χ0n) is 20.2. The zero-order chi connectivity index (χ0) is 28.7. The maximum Gasteiger partial charge on any atom is 0.346 e. The van der Waals surface area contributed by atoms with Crippen LogP contribution in [0.25, 0.3) is 6.08 Å². The van der Waals surface area contributed by atoms with Crippen LogP contribution in [0.3, 0.4) is 0 Å². The summed E-state index contributed by atoms with van der Waals surface area (Å²) in [5, 5.41) is 34.3. The first kappa shape index (κ1) is 28.1. The maximum atomic E-state index is 12.9. The molecule has 0 aliphatic carbocycles. The number of para-hydroxylation sites is 1. The highest BCUT2D eigenvalue weighted by Crippen LogP contribution is 2.34. The van der Waals surface area contributed by atoms with Crippen LogP contribution in [-0.2, 0) is 14.9 Å². The van der Waals surface area contributed by atoms with E-state index in [4.69, 9.17) is 13.7 Å². The molecular formula is C24H18N4O10S. The monoisotopic (exact) mass is 554 g/mol. The van der Waals surface area contributed by atoms with Crippen LogP contribution in [0.2, 0.25) is 0 Å². The Morgan fingerprint density at radius 1 is 0.949 bits per heavy atom. The van der Waals surface area contributed by atoms with Crippen LogP contribution >= 0.6 is 0 Å². The van der Waals surface area contributed by atoms with Gasteiger partial charge in [-0.3, -0.25) is 25.0 Å². The molecule has 0 aliphatic rings. The number of benzene rings is 3. The van der Waals surface area contributed by atoms with Crippen LogP contribution in [0.15, 0.2) is 71.1 Å². The molecule has 0 bridgehead atoms. The van der Waals surface area contributed by atoms with E-state index in [0.29, 0.717) is 0 Å². The average Bonchev–Trinajstić information content (AvgIpc) is 2.91. The van der Waals surface area contributed by atoms with Crippen molar-refractivity contribution in [3.8, 4) is 23.3 Å². The molecule has 0 unspecified atom stereocenters. The van der Waals surface area contributed by atoms with Crippen LogP contribution < -0.4 is 19.0 Å². The number of hydrogen-bond donors (Lipinski definition) is 1. The van der Waals surface area contributed by atoms with Gasteiger partial charge in [-0.05, 0) is 35.9 Å². The van der Waals surface area contributed by atoms with Gasteiger partial charge in [0, 0.05) is 18.2 Å². The van der Waals surface area contributed by atoms with Crippen molar-refractivity contribution >= 4 is 39.2 Å². The Morgan fingerprint density at radius 2 is 1.62 bits per heavy atom. The third kappa shape index (κ3) is 6.45. The van der Waals surface area contributed by atoms with Crippen molar-refractivity contribution < 1.29 is 36.7 Å². The lowest BCUT2D eigenvalue weighted by atomic mass is 10.1. The Morgan fingerprint density at radius 3 is 2.23 bits per heavy atom. The number of carbonyl (C=O) groups excluding carboxylic acids is 1. The molecule has 1 N–H and O–H groups in total. The first-order valence-corrected chi connectivity index (χ1v) is 12.0. The topological polar surface area (TPSA) is 201 Å². The van der Waals surface area contributed by atoms with E-state index < -0.39 is 42.0 Å². The molecule has 3 rings (SSSR count). The third-order valence-electron chi connectivity index (χ3n) is 5.04. The number of ether oxygens (including phenoxy) is 2. The van der Waals surface area contributed by atoms with Crippen LogP contribution in [0, 0.1) is 31.6 Å². The summed E-state index contributed by atoms with van der Waals surface area (Å²) in [7, 11) is -2.19. The maximum absolute atomic E-state index is 12.9. The van der Waals surface area contributed by atoms with Gasteiger partial charge in [-0.25, -0.2) is 0 Å². The lowest BCUT2D eigenvalue weighted by Gasteiger charge is -2.12. The summed E-state index contributed by atoms with van der Waals surface area (Å²) in [5.41, 5.74) is -1.42. The number of hydrogen-bond acceptors (Lipinski definition) is 11. The van der Waals surface area contributed by atoms with Crippen LogP contribution in [-0.4, -0.2) is 38.4 Å². The number of rotatable bonds is 10. The normalized spacial score (nSPS) is 11.2. The van der Waals surface area contributed by atoms with Crippen LogP contribution in [0.4, 0.5) is 17.1 Å². The molecule has 14 nitrogen and oxygen atoms in total. The van der Waals surface area contributed by atoms with Gasteiger partial charge in [0.25, 0.3) is 17.3 Å². The third-order valence-corrected chi connectivity index (χ3v) is 6.32. The number of nitriles is 1. The van der Waals surface area contributed by atoms with Gasteiger partial charge in [-0.1, -0.05) is 18.2 Å². The first-order valence-electron chi connectivity index (χ1n) is 10.6. The highest BCUT2D eigenvalue weighted by Gasteiger charge is 2.28. The molecule has 0 radical (unpaired) electrons. The number of nitro benzene ring substituents is 2. The Hall–Kier alpha value is -5.49. The van der Waals surface area contributed by atoms with Crippen molar-refractivity contribution in [3.63, 3.8) is 0 Å². The minimum absolute atomic E-state index is 0.0569. The number of nitrogens with one attached hydrogen (secondary N) is 1. The predicted molar refractivity (Wildman–Crippen MR) is 136 cm³/mol. The Labute approximate surface area is 221 Å². The fourth-order valence-electron chi connectivity index (χ4n) is 3.24. The van der Waals surface area contributed by atoms with E-state index in [1.54, 1.807) is 6.07 Å². The highest BCUT2D eigenvalue weighted by atomic mass is 32.2. The van der Waals surface area contributed by atoms with E-state index >= 15 is 0 Å². The Kier molecular flexibility index (Phi) is 8.43.